The highest BCUT2D eigenvalue weighted by Gasteiger charge is 2.26. The topological polar surface area (TPSA) is 24.9 Å². The van der Waals surface area contributed by atoms with Gasteiger partial charge in [0.25, 0.3) is 0 Å². The molecule has 22 heavy (non-hydrogen) atoms. The van der Waals surface area contributed by atoms with E-state index in [0.29, 0.717) is 6.04 Å². The van der Waals surface area contributed by atoms with Crippen molar-refractivity contribution in [3.63, 3.8) is 0 Å². The van der Waals surface area contributed by atoms with E-state index in [1.54, 1.807) is 14.2 Å². The van der Waals surface area contributed by atoms with Gasteiger partial charge in [0.15, 0.2) is 0 Å². The molecule has 1 aromatic carbocycles. The first-order chi connectivity index (χ1) is 10.8. The number of ether oxygens (including phenoxy) is 2. The summed E-state index contributed by atoms with van der Waals surface area (Å²) in [4.78, 5) is 5.11. The molecule has 4 heteroatoms. The van der Waals surface area contributed by atoms with Crippen LogP contribution in [0, 0.1) is 0 Å². The van der Waals surface area contributed by atoms with Gasteiger partial charge in [0, 0.05) is 51.4 Å². The number of piperazine rings is 1. The molecular weight excluding hydrogens is 276 g/mol. The van der Waals surface area contributed by atoms with Crippen molar-refractivity contribution >= 4 is 0 Å². The molecule has 0 radical (unpaired) electrons. The predicted octanol–water partition coefficient (Wildman–Crippen LogP) is 2.80. The molecule has 0 spiro atoms. The van der Waals surface area contributed by atoms with Gasteiger partial charge in [0.05, 0.1) is 13.7 Å². The normalized spacial score (nSPS) is 18.3. The first kappa shape index (κ1) is 17.3. The molecule has 0 bridgehead atoms. The SMILES string of the molecule is CCCC(c1ccccc1OC)N1CCN(CCOC)CC1. The molecule has 1 saturated heterocycles. The van der Waals surface area contributed by atoms with E-state index in [1.165, 1.54) is 18.4 Å². The summed E-state index contributed by atoms with van der Waals surface area (Å²) < 4.78 is 10.8. The number of hydrogen-bond acceptors (Lipinski definition) is 4. The third-order valence-corrected chi connectivity index (χ3v) is 4.52. The van der Waals surface area contributed by atoms with E-state index in [2.05, 4.69) is 34.9 Å². The van der Waals surface area contributed by atoms with Crippen LogP contribution in [0.1, 0.15) is 31.4 Å². The minimum Gasteiger partial charge on any atom is -0.496 e. The number of benzene rings is 1. The van der Waals surface area contributed by atoms with Gasteiger partial charge in [-0.15, -0.1) is 0 Å². The van der Waals surface area contributed by atoms with Gasteiger partial charge < -0.3 is 9.47 Å². The zero-order chi connectivity index (χ0) is 15.8. The summed E-state index contributed by atoms with van der Waals surface area (Å²) in [6, 6.07) is 8.93. The molecule has 1 heterocycles. The Kier molecular flexibility index (Phi) is 7.16. The third-order valence-electron chi connectivity index (χ3n) is 4.52. The molecule has 124 valence electrons. The van der Waals surface area contributed by atoms with Crippen molar-refractivity contribution in [2.45, 2.75) is 25.8 Å². The van der Waals surface area contributed by atoms with Gasteiger partial charge in [0.2, 0.25) is 0 Å². The minimum atomic E-state index is 0.464. The summed E-state index contributed by atoms with van der Waals surface area (Å²) in [7, 11) is 3.54. The molecule has 1 atom stereocenters. The van der Waals surface area contributed by atoms with Crippen LogP contribution in [0.5, 0.6) is 5.75 Å². The average molecular weight is 306 g/mol. The molecule has 0 saturated carbocycles. The predicted molar refractivity (Wildman–Crippen MR) is 90.5 cm³/mol. The fourth-order valence-electron chi connectivity index (χ4n) is 3.27. The monoisotopic (exact) mass is 306 g/mol. The maximum atomic E-state index is 5.58. The highest BCUT2D eigenvalue weighted by molar-refractivity contribution is 5.36. The van der Waals surface area contributed by atoms with Crippen molar-refractivity contribution in [1.82, 2.24) is 9.80 Å². The van der Waals surface area contributed by atoms with Crippen molar-refractivity contribution in [2.75, 3.05) is 53.6 Å². The quantitative estimate of drug-likeness (QED) is 0.737. The Morgan fingerprint density at radius 1 is 1.09 bits per heavy atom. The van der Waals surface area contributed by atoms with E-state index in [0.717, 1.165) is 45.1 Å². The van der Waals surface area contributed by atoms with Gasteiger partial charge in [-0.2, -0.15) is 0 Å². The van der Waals surface area contributed by atoms with Crippen molar-refractivity contribution < 1.29 is 9.47 Å². The highest BCUT2D eigenvalue weighted by atomic mass is 16.5. The second-order valence-electron chi connectivity index (χ2n) is 5.92. The smallest absolute Gasteiger partial charge is 0.123 e. The van der Waals surface area contributed by atoms with E-state index in [9.17, 15) is 0 Å². The summed E-state index contributed by atoms with van der Waals surface area (Å²) in [6.45, 7) is 8.61. The maximum absolute atomic E-state index is 5.58. The van der Waals surface area contributed by atoms with Crippen LogP contribution in [-0.4, -0.2) is 63.4 Å². The van der Waals surface area contributed by atoms with Crippen LogP contribution in [0.15, 0.2) is 24.3 Å². The lowest BCUT2D eigenvalue weighted by atomic mass is 9.98. The van der Waals surface area contributed by atoms with E-state index in [-0.39, 0.29) is 0 Å². The molecule has 4 nitrogen and oxygen atoms in total. The van der Waals surface area contributed by atoms with Crippen LogP contribution in [0.3, 0.4) is 0 Å². The Balaban J connectivity index is 2.03. The zero-order valence-electron chi connectivity index (χ0n) is 14.3. The fraction of sp³-hybridized carbons (Fsp3) is 0.667. The Bertz CT molecular complexity index is 431. The van der Waals surface area contributed by atoms with E-state index in [4.69, 9.17) is 9.47 Å². The van der Waals surface area contributed by atoms with Crippen molar-refractivity contribution in [3.8, 4) is 5.75 Å². The molecule has 2 rings (SSSR count). The first-order valence-corrected chi connectivity index (χ1v) is 8.38. The summed E-state index contributed by atoms with van der Waals surface area (Å²) in [5.74, 6) is 1.02. The van der Waals surface area contributed by atoms with Crippen LogP contribution in [0.4, 0.5) is 0 Å². The number of hydrogen-bond donors (Lipinski definition) is 0. The van der Waals surface area contributed by atoms with Crippen molar-refractivity contribution in [3.05, 3.63) is 29.8 Å². The van der Waals surface area contributed by atoms with Crippen molar-refractivity contribution in [1.29, 1.82) is 0 Å². The molecule has 1 aromatic rings. The van der Waals surface area contributed by atoms with Gasteiger partial charge in [-0.25, -0.2) is 0 Å². The largest absolute Gasteiger partial charge is 0.496 e. The van der Waals surface area contributed by atoms with E-state index >= 15 is 0 Å². The average Bonchev–Trinajstić information content (AvgIpc) is 2.58. The Morgan fingerprint density at radius 3 is 2.45 bits per heavy atom. The van der Waals surface area contributed by atoms with Gasteiger partial charge >= 0.3 is 0 Å². The standard InChI is InChI=1S/C18H30N2O2/c1-4-7-17(16-8-5-6-9-18(16)22-3)20-12-10-19(11-13-20)14-15-21-2/h5-6,8-9,17H,4,7,10-15H2,1-3H3. The Hall–Kier alpha value is -1.10. The van der Waals surface area contributed by atoms with Crippen LogP contribution in [-0.2, 0) is 4.74 Å². The van der Waals surface area contributed by atoms with Gasteiger partial charge in [-0.1, -0.05) is 31.5 Å². The Labute approximate surface area is 135 Å². The summed E-state index contributed by atoms with van der Waals surface area (Å²) in [6.07, 6.45) is 2.37. The first-order valence-electron chi connectivity index (χ1n) is 8.38. The molecule has 1 fully saturated rings. The molecule has 0 aromatic heterocycles. The molecule has 1 aliphatic rings. The molecular formula is C18H30N2O2. The summed E-state index contributed by atoms with van der Waals surface area (Å²) in [5, 5.41) is 0. The minimum absolute atomic E-state index is 0.464. The fourth-order valence-corrected chi connectivity index (χ4v) is 3.27. The lowest BCUT2D eigenvalue weighted by Crippen LogP contribution is -2.48. The molecule has 0 N–H and O–H groups in total. The number of para-hydroxylation sites is 1. The summed E-state index contributed by atoms with van der Waals surface area (Å²) >= 11 is 0. The lowest BCUT2D eigenvalue weighted by molar-refractivity contribution is 0.0707. The molecule has 0 amide bonds. The maximum Gasteiger partial charge on any atom is 0.123 e. The van der Waals surface area contributed by atoms with Crippen molar-refractivity contribution in [2.24, 2.45) is 0 Å². The number of rotatable bonds is 8. The van der Waals surface area contributed by atoms with Gasteiger partial charge in [-0.3, -0.25) is 9.80 Å². The van der Waals surface area contributed by atoms with Crippen LogP contribution in [0.25, 0.3) is 0 Å². The Morgan fingerprint density at radius 2 is 1.82 bits per heavy atom. The van der Waals surface area contributed by atoms with Crippen LogP contribution in [0.2, 0.25) is 0 Å². The molecule has 0 aliphatic carbocycles. The van der Waals surface area contributed by atoms with Crippen LogP contribution < -0.4 is 4.74 Å². The second kappa shape index (κ2) is 9.13. The lowest BCUT2D eigenvalue weighted by Gasteiger charge is -2.39. The summed E-state index contributed by atoms with van der Waals surface area (Å²) in [5.41, 5.74) is 1.33. The molecule has 1 aliphatic heterocycles. The van der Waals surface area contributed by atoms with Gasteiger partial charge in [0.1, 0.15) is 5.75 Å². The van der Waals surface area contributed by atoms with Gasteiger partial charge in [-0.05, 0) is 12.5 Å². The van der Waals surface area contributed by atoms with E-state index in [1.807, 2.05) is 6.07 Å². The number of nitrogens with zero attached hydrogens (tertiary/aromatic N) is 2. The number of methoxy groups -OCH3 is 2. The van der Waals surface area contributed by atoms with Crippen LogP contribution >= 0.6 is 0 Å². The molecule has 1 unspecified atom stereocenters. The highest BCUT2D eigenvalue weighted by Crippen LogP contribution is 2.33. The zero-order valence-corrected chi connectivity index (χ0v) is 14.3. The van der Waals surface area contributed by atoms with E-state index < -0.39 is 0 Å². The second-order valence-corrected chi connectivity index (χ2v) is 5.92. The third kappa shape index (κ3) is 4.45.